The minimum atomic E-state index is -0.401. The molecule has 1 aromatic rings. The molecule has 0 atom stereocenters. The fraction of sp³-hybridized carbons (Fsp3) is 0.0833. The molecule has 100 valence electrons. The van der Waals surface area contributed by atoms with E-state index in [0.29, 0.717) is 11.4 Å². The molecule has 0 unspecified atom stereocenters. The predicted molar refractivity (Wildman–Crippen MR) is 74.3 cm³/mol. The van der Waals surface area contributed by atoms with Crippen molar-refractivity contribution in [3.63, 3.8) is 0 Å². The molecule has 5 N–H and O–H groups in total. The lowest BCUT2D eigenvalue weighted by molar-refractivity contribution is -0.119. The first-order valence-corrected chi connectivity index (χ1v) is 5.64. The summed E-state index contributed by atoms with van der Waals surface area (Å²) in [4.78, 5) is 11.0. The Kier molecular flexibility index (Phi) is 3.72. The maximum absolute atomic E-state index is 11.0. The maximum Gasteiger partial charge on any atom is 0.246 e. The van der Waals surface area contributed by atoms with Gasteiger partial charge in [-0.3, -0.25) is 15.6 Å². The molecular weight excluding hydrogens is 258 g/mol. The molecule has 0 aromatic heterocycles. The van der Waals surface area contributed by atoms with Gasteiger partial charge in [0.2, 0.25) is 11.6 Å². The topological polar surface area (TPSA) is 140 Å². The van der Waals surface area contributed by atoms with Crippen LogP contribution >= 0.6 is 0 Å². The zero-order valence-electron chi connectivity index (χ0n) is 10.3. The third-order valence-corrected chi connectivity index (χ3v) is 2.52. The van der Waals surface area contributed by atoms with Crippen LogP contribution in [0.5, 0.6) is 0 Å². The summed E-state index contributed by atoms with van der Waals surface area (Å²) in [6.45, 7) is 0. The van der Waals surface area contributed by atoms with Gasteiger partial charge in [-0.15, -0.1) is 0 Å². The van der Waals surface area contributed by atoms with E-state index < -0.39 is 5.84 Å². The Hall–Kier alpha value is -3.21. The summed E-state index contributed by atoms with van der Waals surface area (Å²) in [5, 5.41) is 23.4. The molecule has 1 amide bonds. The Morgan fingerprint density at radius 1 is 1.50 bits per heavy atom. The molecule has 1 aromatic carbocycles. The molecule has 0 spiro atoms. The standard InChI is InChI=1S/C12H11N7O/c13-6-10(12(14)15)18-16-8-3-1-7(2-4-8)9-5-11(20)19-17-9/h1-4,16H,5H2,(H3,14,15)(H,19,20)/b18-10+. The average molecular weight is 269 g/mol. The van der Waals surface area contributed by atoms with Crippen LogP contribution in [0.15, 0.2) is 34.5 Å². The molecule has 20 heavy (non-hydrogen) atoms. The fourth-order valence-corrected chi connectivity index (χ4v) is 1.53. The van der Waals surface area contributed by atoms with Crippen LogP contribution in [0.1, 0.15) is 12.0 Å². The van der Waals surface area contributed by atoms with Crippen molar-refractivity contribution in [2.24, 2.45) is 15.9 Å². The molecule has 0 aliphatic carbocycles. The minimum absolute atomic E-state index is 0.132. The van der Waals surface area contributed by atoms with Crippen molar-refractivity contribution in [1.29, 1.82) is 10.7 Å². The van der Waals surface area contributed by atoms with E-state index in [1.54, 1.807) is 30.3 Å². The first kappa shape index (κ1) is 13.2. The van der Waals surface area contributed by atoms with Crippen molar-refractivity contribution in [2.75, 3.05) is 5.43 Å². The highest BCUT2D eigenvalue weighted by Crippen LogP contribution is 2.13. The van der Waals surface area contributed by atoms with Crippen LogP contribution in [0.25, 0.3) is 0 Å². The third kappa shape index (κ3) is 2.97. The zero-order chi connectivity index (χ0) is 14.5. The van der Waals surface area contributed by atoms with Crippen LogP contribution in [0.2, 0.25) is 0 Å². The largest absolute Gasteiger partial charge is 0.382 e. The number of rotatable bonds is 4. The second kappa shape index (κ2) is 5.62. The fourth-order valence-electron chi connectivity index (χ4n) is 1.53. The average Bonchev–Trinajstić information content (AvgIpc) is 2.86. The van der Waals surface area contributed by atoms with E-state index in [4.69, 9.17) is 16.4 Å². The van der Waals surface area contributed by atoms with Crippen molar-refractivity contribution >= 4 is 28.9 Å². The van der Waals surface area contributed by atoms with Crippen LogP contribution in [0, 0.1) is 16.7 Å². The predicted octanol–water partition coefficient (Wildman–Crippen LogP) is 0.138. The quantitative estimate of drug-likeness (QED) is 0.350. The van der Waals surface area contributed by atoms with Crippen molar-refractivity contribution in [3.05, 3.63) is 29.8 Å². The second-order valence-corrected chi connectivity index (χ2v) is 3.95. The molecule has 8 heteroatoms. The SMILES string of the molecule is N#C/C(=N\Nc1ccc(C2=NNC(=O)C2)cc1)C(=N)N. The number of amidine groups is 1. The maximum atomic E-state index is 11.0. The summed E-state index contributed by atoms with van der Waals surface area (Å²) in [5.74, 6) is -0.534. The van der Waals surface area contributed by atoms with E-state index in [-0.39, 0.29) is 18.0 Å². The van der Waals surface area contributed by atoms with Gasteiger partial charge in [0.25, 0.3) is 0 Å². The lowest BCUT2D eigenvalue weighted by Crippen LogP contribution is -2.21. The van der Waals surface area contributed by atoms with Gasteiger partial charge >= 0.3 is 0 Å². The van der Waals surface area contributed by atoms with Crippen molar-refractivity contribution in [1.82, 2.24) is 5.43 Å². The smallest absolute Gasteiger partial charge is 0.246 e. The molecule has 1 aliphatic heterocycles. The number of benzene rings is 1. The summed E-state index contributed by atoms with van der Waals surface area (Å²) in [6.07, 6.45) is 0.258. The highest BCUT2D eigenvalue weighted by Gasteiger charge is 2.15. The zero-order valence-corrected chi connectivity index (χ0v) is 10.3. The Bertz CT molecular complexity index is 651. The van der Waals surface area contributed by atoms with E-state index in [1.807, 2.05) is 0 Å². The number of anilines is 1. The molecular formula is C12H11N7O. The minimum Gasteiger partial charge on any atom is -0.382 e. The van der Waals surface area contributed by atoms with Gasteiger partial charge in [0, 0.05) is 0 Å². The van der Waals surface area contributed by atoms with Gasteiger partial charge in [0.15, 0.2) is 5.84 Å². The number of nitrogens with one attached hydrogen (secondary N) is 3. The first-order valence-electron chi connectivity index (χ1n) is 5.64. The molecule has 1 aliphatic rings. The lowest BCUT2D eigenvalue weighted by Gasteiger charge is -2.03. The monoisotopic (exact) mass is 269 g/mol. The highest BCUT2D eigenvalue weighted by molar-refractivity contribution is 6.45. The second-order valence-electron chi connectivity index (χ2n) is 3.95. The lowest BCUT2D eigenvalue weighted by atomic mass is 10.1. The van der Waals surface area contributed by atoms with Gasteiger partial charge in [-0.25, -0.2) is 5.43 Å². The van der Waals surface area contributed by atoms with E-state index >= 15 is 0 Å². The van der Waals surface area contributed by atoms with Crippen LogP contribution in [-0.4, -0.2) is 23.2 Å². The summed E-state index contributed by atoms with van der Waals surface area (Å²) >= 11 is 0. The number of amides is 1. The van der Waals surface area contributed by atoms with Crippen molar-refractivity contribution < 1.29 is 4.79 Å². The number of nitriles is 1. The number of nitrogens with two attached hydrogens (primary N) is 1. The molecule has 0 bridgehead atoms. The number of hydrazone groups is 2. The van der Waals surface area contributed by atoms with E-state index in [0.717, 1.165) is 5.56 Å². The van der Waals surface area contributed by atoms with E-state index in [9.17, 15) is 4.79 Å². The molecule has 2 rings (SSSR count). The van der Waals surface area contributed by atoms with Crippen LogP contribution in [-0.2, 0) is 4.79 Å². The number of carbonyl (C=O) groups excluding carboxylic acids is 1. The Morgan fingerprint density at radius 2 is 2.20 bits per heavy atom. The first-order chi connectivity index (χ1) is 9.60. The summed E-state index contributed by atoms with van der Waals surface area (Å²) in [7, 11) is 0. The number of hydrogen-bond acceptors (Lipinski definition) is 6. The number of carbonyl (C=O) groups is 1. The number of hydrogen-bond donors (Lipinski definition) is 4. The van der Waals surface area contributed by atoms with Crippen LogP contribution < -0.4 is 16.6 Å². The molecule has 0 saturated heterocycles. The van der Waals surface area contributed by atoms with Gasteiger partial charge in [-0.2, -0.15) is 15.5 Å². The van der Waals surface area contributed by atoms with E-state index in [2.05, 4.69) is 21.1 Å². The molecule has 0 saturated carbocycles. The highest BCUT2D eigenvalue weighted by atomic mass is 16.2. The van der Waals surface area contributed by atoms with Gasteiger partial charge < -0.3 is 5.73 Å². The number of nitrogens with zero attached hydrogens (tertiary/aromatic N) is 3. The third-order valence-electron chi connectivity index (χ3n) is 2.52. The normalized spacial score (nSPS) is 14.2. The van der Waals surface area contributed by atoms with Gasteiger partial charge in [0.05, 0.1) is 17.8 Å². The summed E-state index contributed by atoms with van der Waals surface area (Å²) in [6, 6.07) is 8.70. The van der Waals surface area contributed by atoms with Crippen molar-refractivity contribution in [3.8, 4) is 6.07 Å². The van der Waals surface area contributed by atoms with Crippen molar-refractivity contribution in [2.45, 2.75) is 6.42 Å². The van der Waals surface area contributed by atoms with Gasteiger partial charge in [0.1, 0.15) is 6.07 Å². The Balaban J connectivity index is 2.08. The molecule has 0 fully saturated rings. The van der Waals surface area contributed by atoms with E-state index in [1.165, 1.54) is 0 Å². The molecule has 1 heterocycles. The van der Waals surface area contributed by atoms with Gasteiger partial charge in [-0.1, -0.05) is 12.1 Å². The Morgan fingerprint density at radius 3 is 2.70 bits per heavy atom. The van der Waals surface area contributed by atoms with Gasteiger partial charge in [-0.05, 0) is 17.7 Å². The summed E-state index contributed by atoms with van der Waals surface area (Å²) < 4.78 is 0. The summed E-state index contributed by atoms with van der Waals surface area (Å²) in [5.41, 5.74) is 12.1. The molecule has 8 nitrogen and oxygen atoms in total. The van der Waals surface area contributed by atoms with Crippen LogP contribution in [0.4, 0.5) is 5.69 Å². The molecule has 0 radical (unpaired) electrons. The Labute approximate surface area is 114 Å². The van der Waals surface area contributed by atoms with Crippen LogP contribution in [0.3, 0.4) is 0 Å².